The van der Waals surface area contributed by atoms with Gasteiger partial charge >= 0.3 is 0 Å². The second-order valence-electron chi connectivity index (χ2n) is 5.15. The molecule has 1 fully saturated rings. The average Bonchev–Trinajstić information content (AvgIpc) is 2.47. The van der Waals surface area contributed by atoms with Gasteiger partial charge in [-0.1, -0.05) is 45.3 Å². The normalized spacial score (nSPS) is 16.7. The van der Waals surface area contributed by atoms with Crippen LogP contribution in [0.25, 0.3) is 5.57 Å². The molecule has 0 unspecified atom stereocenters. The van der Waals surface area contributed by atoms with E-state index in [0.29, 0.717) is 0 Å². The maximum atomic E-state index is 5.92. The summed E-state index contributed by atoms with van der Waals surface area (Å²) in [4.78, 5) is 0. The zero-order valence-electron chi connectivity index (χ0n) is 13.0. The van der Waals surface area contributed by atoms with Gasteiger partial charge in [0.25, 0.3) is 0 Å². The number of anilines is 1. The number of nitrogen functional groups attached to an aromatic ring is 1. The Morgan fingerprint density at radius 1 is 1.16 bits per heavy atom. The summed E-state index contributed by atoms with van der Waals surface area (Å²) < 4.78 is 0. The largest absolute Gasteiger partial charge is 0.399 e. The van der Waals surface area contributed by atoms with Crippen molar-refractivity contribution >= 4 is 11.3 Å². The summed E-state index contributed by atoms with van der Waals surface area (Å²) in [5, 5.41) is 0. The van der Waals surface area contributed by atoms with Crippen molar-refractivity contribution in [3.63, 3.8) is 0 Å². The lowest BCUT2D eigenvalue weighted by atomic mass is 9.80. The van der Waals surface area contributed by atoms with Crippen molar-refractivity contribution in [1.29, 1.82) is 0 Å². The minimum absolute atomic E-state index is 0.745. The molecule has 1 saturated carbocycles. The van der Waals surface area contributed by atoms with Crippen molar-refractivity contribution in [2.75, 3.05) is 5.73 Å². The lowest BCUT2D eigenvalue weighted by Crippen LogP contribution is -2.09. The summed E-state index contributed by atoms with van der Waals surface area (Å²) in [5.41, 5.74) is 11.0. The number of allylic oxidation sites excluding steroid dienone is 2. The summed E-state index contributed by atoms with van der Waals surface area (Å²) in [6.45, 7) is 8.34. The van der Waals surface area contributed by atoms with Crippen molar-refractivity contribution in [2.45, 2.75) is 59.8 Å². The van der Waals surface area contributed by atoms with Gasteiger partial charge in [0.1, 0.15) is 0 Å². The molecule has 1 aliphatic carbocycles. The van der Waals surface area contributed by atoms with Crippen LogP contribution in [-0.4, -0.2) is 0 Å². The summed E-state index contributed by atoms with van der Waals surface area (Å²) in [5.74, 6) is 0.745. The van der Waals surface area contributed by atoms with Crippen molar-refractivity contribution in [3.05, 3.63) is 35.4 Å². The molecular weight excluding hydrogens is 230 g/mol. The van der Waals surface area contributed by atoms with Crippen LogP contribution in [0.15, 0.2) is 24.3 Å². The predicted octanol–water partition coefficient (Wildman–Crippen LogP) is 5.59. The van der Waals surface area contributed by atoms with Crippen LogP contribution in [0.5, 0.6) is 0 Å². The van der Waals surface area contributed by atoms with Crippen molar-refractivity contribution in [2.24, 2.45) is 5.92 Å². The lowest BCUT2D eigenvalue weighted by Gasteiger charge is -2.26. The minimum atomic E-state index is 0.745. The van der Waals surface area contributed by atoms with E-state index in [0.717, 1.165) is 11.6 Å². The molecule has 0 bridgehead atoms. The Balaban J connectivity index is 0.000000861. The van der Waals surface area contributed by atoms with Crippen LogP contribution in [0.1, 0.15) is 64.0 Å². The number of hydrogen-bond donors (Lipinski definition) is 1. The van der Waals surface area contributed by atoms with Crippen molar-refractivity contribution in [1.82, 2.24) is 0 Å². The quantitative estimate of drug-likeness (QED) is 0.689. The smallest absolute Gasteiger partial charge is 0.0320 e. The second kappa shape index (κ2) is 8.04. The molecule has 1 heteroatoms. The number of hydrogen-bond acceptors (Lipinski definition) is 1. The van der Waals surface area contributed by atoms with Gasteiger partial charge in [0.05, 0.1) is 0 Å². The molecule has 106 valence electrons. The minimum Gasteiger partial charge on any atom is -0.399 e. The Bertz CT molecular complexity index is 412. The fourth-order valence-corrected chi connectivity index (χ4v) is 2.98. The van der Waals surface area contributed by atoms with Gasteiger partial charge in [-0.3, -0.25) is 0 Å². The van der Waals surface area contributed by atoms with E-state index in [1.165, 1.54) is 48.8 Å². The Morgan fingerprint density at radius 3 is 2.37 bits per heavy atom. The first-order chi connectivity index (χ1) is 9.22. The van der Waals surface area contributed by atoms with Crippen LogP contribution in [0.3, 0.4) is 0 Å². The molecule has 0 radical (unpaired) electrons. The standard InChI is InChI=1S/C16H23N.C2H6/c1-3-15(13-7-5-4-6-8-13)16-11-14(17)10-9-12(16)2;1-2/h3,9-11,13H,4-8,17H2,1-2H3;1-2H3/b15-3-;. The van der Waals surface area contributed by atoms with Gasteiger partial charge in [-0.25, -0.2) is 0 Å². The number of rotatable bonds is 2. The molecule has 0 spiro atoms. The molecule has 2 rings (SSSR count). The molecule has 1 aromatic carbocycles. The van der Waals surface area contributed by atoms with E-state index in [4.69, 9.17) is 5.73 Å². The van der Waals surface area contributed by atoms with Crippen molar-refractivity contribution < 1.29 is 0 Å². The third-order valence-electron chi connectivity index (χ3n) is 3.93. The van der Waals surface area contributed by atoms with E-state index in [2.05, 4.69) is 32.1 Å². The fourth-order valence-electron chi connectivity index (χ4n) is 2.98. The highest BCUT2D eigenvalue weighted by Crippen LogP contribution is 2.36. The highest BCUT2D eigenvalue weighted by molar-refractivity contribution is 5.72. The van der Waals surface area contributed by atoms with Gasteiger partial charge < -0.3 is 5.73 Å². The lowest BCUT2D eigenvalue weighted by molar-refractivity contribution is 0.429. The van der Waals surface area contributed by atoms with Gasteiger partial charge in [-0.05, 0) is 61.4 Å². The van der Waals surface area contributed by atoms with E-state index in [9.17, 15) is 0 Å². The third kappa shape index (κ3) is 4.12. The van der Waals surface area contributed by atoms with Gasteiger partial charge in [-0.2, -0.15) is 0 Å². The van der Waals surface area contributed by atoms with Crippen LogP contribution < -0.4 is 5.73 Å². The van der Waals surface area contributed by atoms with Crippen molar-refractivity contribution in [3.8, 4) is 0 Å². The summed E-state index contributed by atoms with van der Waals surface area (Å²) in [7, 11) is 0. The van der Waals surface area contributed by atoms with Crippen LogP contribution in [0, 0.1) is 12.8 Å². The van der Waals surface area contributed by atoms with E-state index in [-0.39, 0.29) is 0 Å². The maximum absolute atomic E-state index is 5.92. The first kappa shape index (κ1) is 15.8. The van der Waals surface area contributed by atoms with Gasteiger partial charge in [0, 0.05) is 5.69 Å². The average molecular weight is 259 g/mol. The molecular formula is C18H29N. The molecule has 1 aliphatic rings. The Hall–Kier alpha value is -1.24. The zero-order chi connectivity index (χ0) is 14.3. The fraction of sp³-hybridized carbons (Fsp3) is 0.556. The SMILES string of the molecule is C/C=C(\c1cc(N)ccc1C)C1CCCCC1.CC. The third-order valence-corrected chi connectivity index (χ3v) is 3.93. The summed E-state index contributed by atoms with van der Waals surface area (Å²) in [6.07, 6.45) is 9.13. The number of aryl methyl sites for hydroxylation is 1. The molecule has 0 atom stereocenters. The predicted molar refractivity (Wildman–Crippen MR) is 87.2 cm³/mol. The first-order valence-corrected chi connectivity index (χ1v) is 7.75. The molecule has 2 N–H and O–H groups in total. The van der Waals surface area contributed by atoms with E-state index in [1.807, 2.05) is 19.9 Å². The monoisotopic (exact) mass is 259 g/mol. The molecule has 0 aliphatic heterocycles. The molecule has 1 nitrogen and oxygen atoms in total. The van der Waals surface area contributed by atoms with Gasteiger partial charge in [0.2, 0.25) is 0 Å². The van der Waals surface area contributed by atoms with Crippen LogP contribution in [0.2, 0.25) is 0 Å². The highest BCUT2D eigenvalue weighted by atomic mass is 14.5. The Labute approximate surface area is 118 Å². The Morgan fingerprint density at radius 2 is 1.79 bits per heavy atom. The molecule has 0 amide bonds. The highest BCUT2D eigenvalue weighted by Gasteiger charge is 2.19. The first-order valence-electron chi connectivity index (χ1n) is 7.75. The molecule has 1 aromatic rings. The van der Waals surface area contributed by atoms with Crippen LogP contribution in [-0.2, 0) is 0 Å². The molecule has 19 heavy (non-hydrogen) atoms. The number of nitrogens with two attached hydrogens (primary N) is 1. The molecule has 0 saturated heterocycles. The van der Waals surface area contributed by atoms with E-state index >= 15 is 0 Å². The maximum Gasteiger partial charge on any atom is 0.0320 e. The molecule has 0 aromatic heterocycles. The zero-order valence-corrected chi connectivity index (χ0v) is 13.0. The second-order valence-corrected chi connectivity index (χ2v) is 5.15. The van der Waals surface area contributed by atoms with Gasteiger partial charge in [-0.15, -0.1) is 0 Å². The summed E-state index contributed by atoms with van der Waals surface area (Å²) in [6, 6.07) is 6.27. The van der Waals surface area contributed by atoms with Crippen LogP contribution >= 0.6 is 0 Å². The van der Waals surface area contributed by atoms with E-state index in [1.54, 1.807) is 0 Å². The Kier molecular flexibility index (Phi) is 6.69. The van der Waals surface area contributed by atoms with E-state index < -0.39 is 0 Å². The molecule has 0 heterocycles. The number of benzene rings is 1. The van der Waals surface area contributed by atoms with Gasteiger partial charge in [0.15, 0.2) is 0 Å². The topological polar surface area (TPSA) is 26.0 Å². The van der Waals surface area contributed by atoms with Crippen LogP contribution in [0.4, 0.5) is 5.69 Å². The summed E-state index contributed by atoms with van der Waals surface area (Å²) >= 11 is 0.